The standard InChI is InChI=1S/C13H24N2O4/c1-4-10(2)12-13(17)15(9-11(16)14-12)5-6-19-8-7-18-3/h10,12H,4-9H2,1-3H3,(H,14,16). The van der Waals surface area contributed by atoms with E-state index in [2.05, 4.69) is 5.32 Å². The minimum atomic E-state index is -0.398. The maximum Gasteiger partial charge on any atom is 0.245 e. The highest BCUT2D eigenvalue weighted by Crippen LogP contribution is 2.14. The highest BCUT2D eigenvalue weighted by atomic mass is 16.5. The van der Waals surface area contributed by atoms with Gasteiger partial charge < -0.3 is 19.7 Å². The van der Waals surface area contributed by atoms with Crippen LogP contribution in [0.1, 0.15) is 20.3 Å². The van der Waals surface area contributed by atoms with E-state index in [1.54, 1.807) is 12.0 Å². The summed E-state index contributed by atoms with van der Waals surface area (Å²) in [4.78, 5) is 25.4. The van der Waals surface area contributed by atoms with Gasteiger partial charge in [0.1, 0.15) is 6.04 Å². The number of ether oxygens (including phenoxy) is 2. The molecular weight excluding hydrogens is 248 g/mol. The topological polar surface area (TPSA) is 67.9 Å². The Morgan fingerprint density at radius 2 is 2.11 bits per heavy atom. The summed E-state index contributed by atoms with van der Waals surface area (Å²) in [6, 6.07) is -0.398. The molecule has 2 unspecified atom stereocenters. The Balaban J connectivity index is 2.43. The maximum absolute atomic E-state index is 12.2. The first-order valence-corrected chi connectivity index (χ1v) is 6.75. The smallest absolute Gasteiger partial charge is 0.245 e. The summed E-state index contributed by atoms with van der Waals surface area (Å²) in [7, 11) is 1.61. The molecule has 1 rings (SSSR count). The number of carbonyl (C=O) groups excluding carboxylic acids is 2. The number of nitrogens with zero attached hydrogens (tertiary/aromatic N) is 1. The molecule has 1 aliphatic rings. The van der Waals surface area contributed by atoms with Gasteiger partial charge in [0, 0.05) is 13.7 Å². The summed E-state index contributed by atoms with van der Waals surface area (Å²) in [5.74, 6) is 0.0414. The van der Waals surface area contributed by atoms with E-state index in [0.717, 1.165) is 6.42 Å². The van der Waals surface area contributed by atoms with Crippen molar-refractivity contribution in [3.05, 3.63) is 0 Å². The number of nitrogens with one attached hydrogen (secondary N) is 1. The van der Waals surface area contributed by atoms with Crippen LogP contribution in [-0.4, -0.2) is 62.8 Å². The molecule has 0 aromatic carbocycles. The zero-order chi connectivity index (χ0) is 14.3. The maximum atomic E-state index is 12.2. The third-order valence-corrected chi connectivity index (χ3v) is 3.38. The van der Waals surface area contributed by atoms with Crippen LogP contribution < -0.4 is 5.32 Å². The first-order valence-electron chi connectivity index (χ1n) is 6.75. The highest BCUT2D eigenvalue weighted by Gasteiger charge is 2.34. The Hall–Kier alpha value is -1.14. The van der Waals surface area contributed by atoms with E-state index < -0.39 is 6.04 Å². The Kier molecular flexibility index (Phi) is 6.80. The predicted molar refractivity (Wildman–Crippen MR) is 70.7 cm³/mol. The number of methoxy groups -OCH3 is 1. The van der Waals surface area contributed by atoms with E-state index >= 15 is 0 Å². The van der Waals surface area contributed by atoms with E-state index in [4.69, 9.17) is 9.47 Å². The lowest BCUT2D eigenvalue weighted by Gasteiger charge is -2.35. The molecule has 110 valence electrons. The minimum absolute atomic E-state index is 0.00992. The summed E-state index contributed by atoms with van der Waals surface area (Å²) in [6.45, 7) is 6.01. The fourth-order valence-corrected chi connectivity index (χ4v) is 1.96. The van der Waals surface area contributed by atoms with Crippen LogP contribution in [0.2, 0.25) is 0 Å². The first kappa shape index (κ1) is 15.9. The van der Waals surface area contributed by atoms with Crippen molar-refractivity contribution in [1.82, 2.24) is 10.2 Å². The molecule has 1 heterocycles. The minimum Gasteiger partial charge on any atom is -0.382 e. The lowest BCUT2D eigenvalue weighted by atomic mass is 9.96. The lowest BCUT2D eigenvalue weighted by Crippen LogP contribution is -2.60. The molecule has 1 fully saturated rings. The summed E-state index contributed by atoms with van der Waals surface area (Å²) in [5.41, 5.74) is 0. The molecule has 0 saturated carbocycles. The molecule has 6 nitrogen and oxygen atoms in total. The molecule has 0 bridgehead atoms. The SMILES string of the molecule is CCC(C)C1NC(=O)CN(CCOCCOC)C1=O. The Morgan fingerprint density at radius 1 is 1.37 bits per heavy atom. The van der Waals surface area contributed by atoms with Crippen molar-refractivity contribution in [3.8, 4) is 0 Å². The van der Waals surface area contributed by atoms with Gasteiger partial charge >= 0.3 is 0 Å². The van der Waals surface area contributed by atoms with Gasteiger partial charge in [-0.25, -0.2) is 0 Å². The second-order valence-corrected chi connectivity index (χ2v) is 4.80. The molecule has 2 amide bonds. The molecule has 2 atom stereocenters. The van der Waals surface area contributed by atoms with Crippen LogP contribution in [0.25, 0.3) is 0 Å². The van der Waals surface area contributed by atoms with Gasteiger partial charge in [0.2, 0.25) is 11.8 Å². The number of carbonyl (C=O) groups is 2. The molecule has 19 heavy (non-hydrogen) atoms. The lowest BCUT2D eigenvalue weighted by molar-refractivity contribution is -0.146. The van der Waals surface area contributed by atoms with Gasteiger partial charge in [0.15, 0.2) is 0 Å². The van der Waals surface area contributed by atoms with Crippen LogP contribution in [0.15, 0.2) is 0 Å². The molecule has 0 aromatic heterocycles. The van der Waals surface area contributed by atoms with Crippen molar-refractivity contribution >= 4 is 11.8 Å². The van der Waals surface area contributed by atoms with Crippen molar-refractivity contribution in [3.63, 3.8) is 0 Å². The summed E-state index contributed by atoms with van der Waals surface area (Å²) in [6.07, 6.45) is 0.856. The third-order valence-electron chi connectivity index (χ3n) is 3.38. The average Bonchev–Trinajstić information content (AvgIpc) is 2.41. The molecule has 1 saturated heterocycles. The Morgan fingerprint density at radius 3 is 2.74 bits per heavy atom. The number of hydrogen-bond donors (Lipinski definition) is 1. The second-order valence-electron chi connectivity index (χ2n) is 4.80. The normalized spacial score (nSPS) is 21.4. The van der Waals surface area contributed by atoms with Crippen molar-refractivity contribution in [2.75, 3.05) is 40.0 Å². The number of hydrogen-bond acceptors (Lipinski definition) is 4. The van der Waals surface area contributed by atoms with Gasteiger partial charge in [0.05, 0.1) is 26.4 Å². The number of amides is 2. The summed E-state index contributed by atoms with van der Waals surface area (Å²) in [5, 5.41) is 2.77. The van der Waals surface area contributed by atoms with Gasteiger partial charge in [-0.05, 0) is 5.92 Å². The Labute approximate surface area is 114 Å². The molecule has 0 aliphatic carbocycles. The van der Waals surface area contributed by atoms with E-state index in [1.807, 2.05) is 13.8 Å². The molecule has 0 aromatic rings. The van der Waals surface area contributed by atoms with E-state index in [9.17, 15) is 9.59 Å². The largest absolute Gasteiger partial charge is 0.382 e. The molecule has 1 N–H and O–H groups in total. The van der Waals surface area contributed by atoms with Gasteiger partial charge in [-0.15, -0.1) is 0 Å². The van der Waals surface area contributed by atoms with Gasteiger partial charge in [-0.1, -0.05) is 20.3 Å². The van der Waals surface area contributed by atoms with Crippen molar-refractivity contribution in [2.24, 2.45) is 5.92 Å². The molecule has 0 spiro atoms. The van der Waals surface area contributed by atoms with Crippen molar-refractivity contribution in [2.45, 2.75) is 26.3 Å². The van der Waals surface area contributed by atoms with Crippen LogP contribution in [0.4, 0.5) is 0 Å². The van der Waals surface area contributed by atoms with Gasteiger partial charge in [-0.3, -0.25) is 9.59 Å². The highest BCUT2D eigenvalue weighted by molar-refractivity contribution is 5.95. The van der Waals surface area contributed by atoms with E-state index in [0.29, 0.717) is 26.4 Å². The summed E-state index contributed by atoms with van der Waals surface area (Å²) >= 11 is 0. The monoisotopic (exact) mass is 272 g/mol. The van der Waals surface area contributed by atoms with E-state index in [1.165, 1.54) is 0 Å². The average molecular weight is 272 g/mol. The fraction of sp³-hybridized carbons (Fsp3) is 0.846. The van der Waals surface area contributed by atoms with Crippen molar-refractivity contribution in [1.29, 1.82) is 0 Å². The first-order chi connectivity index (χ1) is 9.10. The predicted octanol–water partition coefficient (Wildman–Crippen LogP) is 0.0225. The summed E-state index contributed by atoms with van der Waals surface area (Å²) < 4.78 is 10.2. The van der Waals surface area contributed by atoms with Crippen molar-refractivity contribution < 1.29 is 19.1 Å². The fourth-order valence-electron chi connectivity index (χ4n) is 1.96. The quantitative estimate of drug-likeness (QED) is 0.633. The van der Waals surface area contributed by atoms with E-state index in [-0.39, 0.29) is 24.3 Å². The third kappa shape index (κ3) is 4.80. The van der Waals surface area contributed by atoms with Crippen LogP contribution in [-0.2, 0) is 19.1 Å². The molecule has 6 heteroatoms. The molecule has 1 aliphatic heterocycles. The number of rotatable bonds is 8. The van der Waals surface area contributed by atoms with Crippen LogP contribution in [0, 0.1) is 5.92 Å². The second kappa shape index (κ2) is 8.12. The van der Waals surface area contributed by atoms with Crippen LogP contribution >= 0.6 is 0 Å². The van der Waals surface area contributed by atoms with Gasteiger partial charge in [-0.2, -0.15) is 0 Å². The zero-order valence-corrected chi connectivity index (χ0v) is 12.0. The van der Waals surface area contributed by atoms with Crippen LogP contribution in [0.3, 0.4) is 0 Å². The molecule has 0 radical (unpaired) electrons. The molecular formula is C13H24N2O4. The van der Waals surface area contributed by atoms with Crippen LogP contribution in [0.5, 0.6) is 0 Å². The zero-order valence-electron chi connectivity index (χ0n) is 12.0. The van der Waals surface area contributed by atoms with Gasteiger partial charge in [0.25, 0.3) is 0 Å². The number of piperazine rings is 1. The Bertz CT molecular complexity index is 309.